The predicted molar refractivity (Wildman–Crippen MR) is 85.1 cm³/mol. The summed E-state index contributed by atoms with van der Waals surface area (Å²) in [7, 11) is 0. The Morgan fingerprint density at radius 2 is 2.00 bits per heavy atom. The number of rotatable bonds is 5. The minimum Gasteiger partial charge on any atom is -0.370 e. The van der Waals surface area contributed by atoms with Crippen LogP contribution in [0, 0.1) is 5.92 Å². The molecular weight excluding hydrogens is 278 g/mol. The highest BCUT2D eigenvalue weighted by molar-refractivity contribution is 5.75. The Labute approximate surface area is 129 Å². The fourth-order valence-electron chi connectivity index (χ4n) is 3.21. The van der Waals surface area contributed by atoms with Crippen LogP contribution in [-0.4, -0.2) is 26.9 Å². The van der Waals surface area contributed by atoms with Gasteiger partial charge >= 0.3 is 0 Å². The Morgan fingerprint density at radius 3 is 2.77 bits per heavy atom. The molecule has 1 saturated carbocycles. The van der Waals surface area contributed by atoms with Crippen molar-refractivity contribution in [2.75, 3.05) is 5.32 Å². The maximum Gasteiger partial charge on any atom is 0.219 e. The summed E-state index contributed by atoms with van der Waals surface area (Å²) in [6, 6.07) is 3.81. The first-order valence-electron chi connectivity index (χ1n) is 7.85. The number of carbonyl (C=O) groups excluding carboxylic acids is 1. The average molecular weight is 299 g/mol. The first kappa shape index (κ1) is 14.7. The van der Waals surface area contributed by atoms with Crippen LogP contribution < -0.4 is 11.1 Å². The van der Waals surface area contributed by atoms with Crippen molar-refractivity contribution < 1.29 is 4.79 Å². The van der Waals surface area contributed by atoms with Crippen molar-refractivity contribution in [1.29, 1.82) is 0 Å². The van der Waals surface area contributed by atoms with E-state index >= 15 is 0 Å². The van der Waals surface area contributed by atoms with Gasteiger partial charge in [-0.3, -0.25) is 9.78 Å². The number of nitrogens with two attached hydrogens (primary N) is 1. The third-order valence-electron chi connectivity index (χ3n) is 4.30. The van der Waals surface area contributed by atoms with Crippen LogP contribution in [0.15, 0.2) is 24.5 Å². The number of aromatic nitrogens is 3. The van der Waals surface area contributed by atoms with Crippen LogP contribution in [0.25, 0.3) is 11.2 Å². The highest BCUT2D eigenvalue weighted by Gasteiger charge is 2.25. The van der Waals surface area contributed by atoms with E-state index in [1.54, 1.807) is 12.4 Å². The lowest BCUT2D eigenvalue weighted by Crippen LogP contribution is -2.35. The lowest BCUT2D eigenvalue weighted by molar-refractivity contribution is -0.118. The molecule has 3 N–H and O–H groups in total. The molecule has 6 heteroatoms. The number of hydrogen-bond donors (Lipinski definition) is 2. The van der Waals surface area contributed by atoms with Gasteiger partial charge in [-0.15, -0.1) is 0 Å². The predicted octanol–water partition coefficient (Wildman–Crippen LogP) is 2.26. The molecular formula is C16H21N5O. The Kier molecular flexibility index (Phi) is 4.46. The van der Waals surface area contributed by atoms with Crippen molar-refractivity contribution in [1.82, 2.24) is 15.0 Å². The van der Waals surface area contributed by atoms with Crippen molar-refractivity contribution in [3.8, 4) is 0 Å². The van der Waals surface area contributed by atoms with Crippen molar-refractivity contribution in [3.05, 3.63) is 24.5 Å². The van der Waals surface area contributed by atoms with Gasteiger partial charge in [0, 0.05) is 24.9 Å². The lowest BCUT2D eigenvalue weighted by atomic mass is 9.82. The van der Waals surface area contributed by atoms with E-state index in [1.165, 1.54) is 19.3 Å². The van der Waals surface area contributed by atoms with Crippen LogP contribution >= 0.6 is 0 Å². The molecule has 0 aromatic carbocycles. The summed E-state index contributed by atoms with van der Waals surface area (Å²) >= 11 is 0. The van der Waals surface area contributed by atoms with Crippen LogP contribution in [0.3, 0.4) is 0 Å². The summed E-state index contributed by atoms with van der Waals surface area (Å²) in [6.07, 6.45) is 9.61. The van der Waals surface area contributed by atoms with E-state index in [0.29, 0.717) is 18.0 Å². The van der Waals surface area contributed by atoms with Gasteiger partial charge in [-0.25, -0.2) is 9.97 Å². The quantitative estimate of drug-likeness (QED) is 0.883. The molecule has 0 saturated heterocycles. The smallest absolute Gasteiger partial charge is 0.219 e. The van der Waals surface area contributed by atoms with Crippen LogP contribution in [0.1, 0.15) is 38.5 Å². The van der Waals surface area contributed by atoms with Crippen LogP contribution in [0.5, 0.6) is 0 Å². The van der Waals surface area contributed by atoms with Crippen molar-refractivity contribution in [3.63, 3.8) is 0 Å². The fourth-order valence-corrected chi connectivity index (χ4v) is 3.21. The number of amides is 1. The van der Waals surface area contributed by atoms with Gasteiger partial charge in [0.05, 0.1) is 0 Å². The molecule has 0 radical (unpaired) electrons. The third-order valence-corrected chi connectivity index (χ3v) is 4.30. The fraction of sp³-hybridized carbons (Fsp3) is 0.500. The Balaban J connectivity index is 1.79. The van der Waals surface area contributed by atoms with Crippen molar-refractivity contribution in [2.45, 2.75) is 44.6 Å². The SMILES string of the molecule is NC(=O)C[C@@H](Nc1ccc2nccnc2n1)C1CCCCC1. The zero-order valence-corrected chi connectivity index (χ0v) is 12.5. The topological polar surface area (TPSA) is 93.8 Å². The van der Waals surface area contributed by atoms with Crippen LogP contribution in [-0.2, 0) is 4.79 Å². The molecule has 3 rings (SSSR count). The van der Waals surface area contributed by atoms with E-state index in [1.807, 2.05) is 12.1 Å². The van der Waals surface area contributed by atoms with Crippen molar-refractivity contribution >= 4 is 22.9 Å². The number of anilines is 1. The first-order valence-corrected chi connectivity index (χ1v) is 7.85. The average Bonchev–Trinajstić information content (AvgIpc) is 2.54. The van der Waals surface area contributed by atoms with E-state index < -0.39 is 0 Å². The summed E-state index contributed by atoms with van der Waals surface area (Å²) < 4.78 is 0. The maximum absolute atomic E-state index is 11.4. The minimum atomic E-state index is -0.274. The summed E-state index contributed by atoms with van der Waals surface area (Å²) in [5.74, 6) is 0.925. The van der Waals surface area contributed by atoms with E-state index in [-0.39, 0.29) is 11.9 Å². The zero-order chi connectivity index (χ0) is 15.4. The lowest BCUT2D eigenvalue weighted by Gasteiger charge is -2.30. The zero-order valence-electron chi connectivity index (χ0n) is 12.5. The molecule has 2 aromatic rings. The van der Waals surface area contributed by atoms with Gasteiger partial charge in [0.1, 0.15) is 11.3 Å². The Morgan fingerprint density at radius 1 is 1.23 bits per heavy atom. The molecule has 0 aliphatic heterocycles. The molecule has 0 spiro atoms. The molecule has 22 heavy (non-hydrogen) atoms. The molecule has 0 unspecified atom stereocenters. The molecule has 1 amide bonds. The summed E-state index contributed by atoms with van der Waals surface area (Å²) in [6.45, 7) is 0. The molecule has 1 aliphatic carbocycles. The molecule has 6 nitrogen and oxygen atoms in total. The third kappa shape index (κ3) is 3.50. The summed E-state index contributed by atoms with van der Waals surface area (Å²) in [4.78, 5) is 24.3. The van der Waals surface area contributed by atoms with Gasteiger partial charge in [0.2, 0.25) is 5.91 Å². The number of pyridine rings is 1. The maximum atomic E-state index is 11.4. The second-order valence-corrected chi connectivity index (χ2v) is 5.91. The number of hydrogen-bond acceptors (Lipinski definition) is 5. The van der Waals surface area contributed by atoms with E-state index in [4.69, 9.17) is 5.73 Å². The van der Waals surface area contributed by atoms with Gasteiger partial charge in [0.25, 0.3) is 0 Å². The highest BCUT2D eigenvalue weighted by atomic mass is 16.1. The largest absolute Gasteiger partial charge is 0.370 e. The van der Waals surface area contributed by atoms with Crippen molar-refractivity contribution in [2.24, 2.45) is 11.7 Å². The Hall–Kier alpha value is -2.24. The molecule has 116 valence electrons. The van der Waals surface area contributed by atoms with Gasteiger partial charge in [0.15, 0.2) is 5.65 Å². The Bertz CT molecular complexity index is 654. The number of primary amides is 1. The summed E-state index contributed by atoms with van der Waals surface area (Å²) in [5, 5.41) is 3.39. The monoisotopic (exact) mass is 299 g/mol. The highest BCUT2D eigenvalue weighted by Crippen LogP contribution is 2.29. The van der Waals surface area contributed by atoms with E-state index in [9.17, 15) is 4.79 Å². The first-order chi connectivity index (χ1) is 10.7. The standard InChI is InChI=1S/C16H21N5O/c17-14(22)10-13(11-4-2-1-3-5-11)20-15-7-6-12-16(21-15)19-9-8-18-12/h6-9,11,13H,1-5,10H2,(H2,17,22)(H,19,20,21)/t13-/m1/s1. The molecule has 2 heterocycles. The van der Waals surface area contributed by atoms with Gasteiger partial charge in [-0.1, -0.05) is 19.3 Å². The molecule has 2 aromatic heterocycles. The number of carbonyl (C=O) groups is 1. The second kappa shape index (κ2) is 6.68. The second-order valence-electron chi connectivity index (χ2n) is 5.91. The molecule has 1 aliphatic rings. The summed E-state index contributed by atoms with van der Waals surface area (Å²) in [5.41, 5.74) is 6.79. The molecule has 0 bridgehead atoms. The van der Waals surface area contributed by atoms with Gasteiger partial charge < -0.3 is 11.1 Å². The van der Waals surface area contributed by atoms with Gasteiger partial charge in [-0.05, 0) is 30.9 Å². The van der Waals surface area contributed by atoms with Crippen LogP contribution in [0.2, 0.25) is 0 Å². The molecule has 1 fully saturated rings. The normalized spacial score (nSPS) is 17.3. The minimum absolute atomic E-state index is 0.0411. The van der Waals surface area contributed by atoms with E-state index in [2.05, 4.69) is 20.3 Å². The number of nitrogens with one attached hydrogen (secondary N) is 1. The number of fused-ring (bicyclic) bond motifs is 1. The number of nitrogens with zero attached hydrogens (tertiary/aromatic N) is 3. The van der Waals surface area contributed by atoms with Crippen LogP contribution in [0.4, 0.5) is 5.82 Å². The molecule has 1 atom stereocenters. The van der Waals surface area contributed by atoms with Gasteiger partial charge in [-0.2, -0.15) is 0 Å². The van der Waals surface area contributed by atoms with E-state index in [0.717, 1.165) is 24.2 Å².